The Hall–Kier alpha value is -3.42. The molecule has 1 saturated heterocycles. The number of ether oxygens (including phenoxy) is 3. The van der Waals surface area contributed by atoms with Crippen LogP contribution in [0.5, 0.6) is 17.2 Å². The minimum Gasteiger partial charge on any atom is -0.497 e. The second-order valence-corrected chi connectivity index (χ2v) is 8.43. The lowest BCUT2D eigenvalue weighted by Gasteiger charge is -2.13. The third-order valence-electron chi connectivity index (χ3n) is 4.73. The number of rotatable bonds is 7. The van der Waals surface area contributed by atoms with Gasteiger partial charge in [0.15, 0.2) is 16.7 Å². The Bertz CT molecular complexity index is 1210. The summed E-state index contributed by atoms with van der Waals surface area (Å²) in [5.41, 5.74) is 2.45. The van der Waals surface area contributed by atoms with Crippen molar-refractivity contribution < 1.29 is 19.0 Å². The Morgan fingerprint density at radius 2 is 1.79 bits per heavy atom. The van der Waals surface area contributed by atoms with Gasteiger partial charge in [-0.2, -0.15) is 0 Å². The fourth-order valence-electron chi connectivity index (χ4n) is 3.10. The van der Waals surface area contributed by atoms with Gasteiger partial charge in [-0.3, -0.25) is 4.79 Å². The Morgan fingerprint density at radius 1 is 1.03 bits per heavy atom. The van der Waals surface area contributed by atoms with Crippen LogP contribution in [0.1, 0.15) is 11.1 Å². The Morgan fingerprint density at radius 3 is 2.48 bits per heavy atom. The molecule has 8 heteroatoms. The molecule has 33 heavy (non-hydrogen) atoms. The van der Waals surface area contributed by atoms with E-state index in [1.807, 2.05) is 54.6 Å². The summed E-state index contributed by atoms with van der Waals surface area (Å²) < 4.78 is 16.5. The number of methoxy groups -OCH3 is 2. The Balaban J connectivity index is 1.52. The van der Waals surface area contributed by atoms with E-state index in [0.29, 0.717) is 44.5 Å². The summed E-state index contributed by atoms with van der Waals surface area (Å²) in [7, 11) is 3.16. The molecule has 0 radical (unpaired) electrons. The van der Waals surface area contributed by atoms with Crippen LogP contribution in [-0.4, -0.2) is 25.3 Å². The molecule has 168 valence electrons. The van der Waals surface area contributed by atoms with Crippen LogP contribution in [0.25, 0.3) is 6.08 Å². The fourth-order valence-corrected chi connectivity index (χ4v) is 4.21. The highest BCUT2D eigenvalue weighted by atomic mass is 35.5. The van der Waals surface area contributed by atoms with Crippen LogP contribution < -0.4 is 19.5 Å². The molecule has 1 amide bonds. The van der Waals surface area contributed by atoms with E-state index < -0.39 is 0 Å². The molecule has 0 unspecified atom stereocenters. The summed E-state index contributed by atoms with van der Waals surface area (Å²) in [6.07, 6.45) is 1.74. The van der Waals surface area contributed by atoms with Crippen molar-refractivity contribution >= 4 is 46.2 Å². The number of nitrogens with zero attached hydrogens (tertiary/aromatic N) is 1. The van der Waals surface area contributed by atoms with E-state index in [1.165, 1.54) is 11.8 Å². The van der Waals surface area contributed by atoms with Gasteiger partial charge in [-0.1, -0.05) is 41.9 Å². The van der Waals surface area contributed by atoms with Crippen LogP contribution in [0.2, 0.25) is 5.02 Å². The van der Waals surface area contributed by atoms with Gasteiger partial charge >= 0.3 is 0 Å². The van der Waals surface area contributed by atoms with E-state index in [2.05, 4.69) is 10.3 Å². The van der Waals surface area contributed by atoms with Gasteiger partial charge in [-0.05, 0) is 65.4 Å². The summed E-state index contributed by atoms with van der Waals surface area (Å²) in [6, 6.07) is 20.6. The van der Waals surface area contributed by atoms with Gasteiger partial charge in [-0.15, -0.1) is 0 Å². The first-order valence-electron chi connectivity index (χ1n) is 10.0. The number of carbonyl (C=O) groups is 1. The quantitative estimate of drug-likeness (QED) is 0.431. The molecular formula is C25H21ClN2O4S. The molecule has 0 bridgehead atoms. The van der Waals surface area contributed by atoms with Crippen LogP contribution in [0, 0.1) is 0 Å². The summed E-state index contributed by atoms with van der Waals surface area (Å²) >= 11 is 7.74. The molecule has 0 atom stereocenters. The van der Waals surface area contributed by atoms with E-state index in [4.69, 9.17) is 25.8 Å². The minimum absolute atomic E-state index is 0.230. The van der Waals surface area contributed by atoms with Crippen LogP contribution >= 0.6 is 23.4 Å². The van der Waals surface area contributed by atoms with Crippen molar-refractivity contribution in [1.82, 2.24) is 5.32 Å². The number of thioether (sulfide) groups is 1. The topological polar surface area (TPSA) is 69.2 Å². The molecule has 6 nitrogen and oxygen atoms in total. The predicted octanol–water partition coefficient (Wildman–Crippen LogP) is 5.83. The van der Waals surface area contributed by atoms with Crippen LogP contribution in [0.4, 0.5) is 5.69 Å². The lowest BCUT2D eigenvalue weighted by molar-refractivity contribution is -0.115. The van der Waals surface area contributed by atoms with Crippen LogP contribution in [0.15, 0.2) is 76.6 Å². The molecule has 1 heterocycles. The molecule has 1 aliphatic heterocycles. The second kappa shape index (κ2) is 10.5. The maximum Gasteiger partial charge on any atom is 0.264 e. The molecule has 0 spiro atoms. The van der Waals surface area contributed by atoms with Crippen LogP contribution in [-0.2, 0) is 11.4 Å². The van der Waals surface area contributed by atoms with Crippen molar-refractivity contribution in [1.29, 1.82) is 0 Å². The standard InChI is InChI=1S/C25H21ClN2O4S/c1-30-19-10-8-18(9-11-19)27-25-28-24(29)22(33-25)14-17-12-20(26)23(21(13-17)31-2)32-15-16-6-4-3-5-7-16/h3-14H,15H2,1-2H3,(H,27,28,29)/b22-14-. The zero-order chi connectivity index (χ0) is 23.2. The number of benzene rings is 3. The average molecular weight is 481 g/mol. The molecule has 1 aliphatic rings. The highest BCUT2D eigenvalue weighted by molar-refractivity contribution is 8.18. The largest absolute Gasteiger partial charge is 0.497 e. The molecule has 0 aliphatic carbocycles. The normalized spacial score (nSPS) is 15.5. The van der Waals surface area contributed by atoms with E-state index in [0.717, 1.165) is 11.3 Å². The lowest BCUT2D eigenvalue weighted by Crippen LogP contribution is -2.19. The van der Waals surface area contributed by atoms with E-state index >= 15 is 0 Å². The smallest absolute Gasteiger partial charge is 0.264 e. The van der Waals surface area contributed by atoms with Gasteiger partial charge in [0.1, 0.15) is 12.4 Å². The van der Waals surface area contributed by atoms with Crippen molar-refractivity contribution in [2.45, 2.75) is 6.61 Å². The molecular weight excluding hydrogens is 460 g/mol. The number of hydrogen-bond donors (Lipinski definition) is 1. The lowest BCUT2D eigenvalue weighted by atomic mass is 10.1. The number of amides is 1. The summed E-state index contributed by atoms with van der Waals surface area (Å²) in [6.45, 7) is 0.362. The molecule has 0 saturated carbocycles. The van der Waals surface area contributed by atoms with Gasteiger partial charge in [0.2, 0.25) is 0 Å². The number of aliphatic imine (C=N–C) groups is 1. The molecule has 3 aromatic rings. The fraction of sp³-hybridized carbons (Fsp3) is 0.120. The number of carbonyl (C=O) groups excluding carboxylic acids is 1. The Kier molecular flexibility index (Phi) is 7.22. The third-order valence-corrected chi connectivity index (χ3v) is 5.92. The van der Waals surface area contributed by atoms with Crippen LogP contribution in [0.3, 0.4) is 0 Å². The summed E-state index contributed by atoms with van der Waals surface area (Å²) in [5, 5.41) is 3.67. The maximum absolute atomic E-state index is 12.5. The van der Waals surface area contributed by atoms with Crippen molar-refractivity contribution in [3.05, 3.63) is 87.8 Å². The SMILES string of the molecule is COc1ccc(N=C2NC(=O)/C(=C/c3cc(Cl)c(OCc4ccccc4)c(OC)c3)S2)cc1. The van der Waals surface area contributed by atoms with Crippen molar-refractivity contribution in [2.75, 3.05) is 14.2 Å². The van der Waals surface area contributed by atoms with Gasteiger partial charge in [0, 0.05) is 0 Å². The molecule has 1 N–H and O–H groups in total. The monoisotopic (exact) mass is 480 g/mol. The molecule has 1 fully saturated rings. The summed E-state index contributed by atoms with van der Waals surface area (Å²) in [4.78, 5) is 17.4. The summed E-state index contributed by atoms with van der Waals surface area (Å²) in [5.74, 6) is 1.45. The highest BCUT2D eigenvalue weighted by Crippen LogP contribution is 2.38. The predicted molar refractivity (Wildman–Crippen MR) is 133 cm³/mol. The number of amidine groups is 1. The van der Waals surface area contributed by atoms with Gasteiger partial charge in [0.05, 0.1) is 29.8 Å². The van der Waals surface area contributed by atoms with Gasteiger partial charge < -0.3 is 19.5 Å². The van der Waals surface area contributed by atoms with E-state index in [1.54, 1.807) is 32.4 Å². The second-order valence-electron chi connectivity index (χ2n) is 6.99. The minimum atomic E-state index is -0.230. The number of halogens is 1. The molecule has 4 rings (SSSR count). The first-order valence-corrected chi connectivity index (χ1v) is 11.2. The van der Waals surface area contributed by atoms with E-state index in [-0.39, 0.29) is 5.91 Å². The third kappa shape index (κ3) is 5.69. The van der Waals surface area contributed by atoms with Gasteiger partial charge in [0.25, 0.3) is 5.91 Å². The number of nitrogens with one attached hydrogen (secondary N) is 1. The molecule has 3 aromatic carbocycles. The molecule has 0 aromatic heterocycles. The highest BCUT2D eigenvalue weighted by Gasteiger charge is 2.24. The first-order chi connectivity index (χ1) is 16.1. The van der Waals surface area contributed by atoms with Crippen molar-refractivity contribution in [2.24, 2.45) is 4.99 Å². The Labute approximate surface area is 201 Å². The first kappa shape index (κ1) is 22.8. The zero-order valence-electron chi connectivity index (χ0n) is 18.0. The average Bonchev–Trinajstić information content (AvgIpc) is 3.17. The van der Waals surface area contributed by atoms with Crippen molar-refractivity contribution in [3.8, 4) is 17.2 Å². The zero-order valence-corrected chi connectivity index (χ0v) is 19.6. The maximum atomic E-state index is 12.5. The van der Waals surface area contributed by atoms with Gasteiger partial charge in [-0.25, -0.2) is 4.99 Å². The van der Waals surface area contributed by atoms with Crippen molar-refractivity contribution in [3.63, 3.8) is 0 Å². The van der Waals surface area contributed by atoms with E-state index in [9.17, 15) is 4.79 Å². The number of hydrogen-bond acceptors (Lipinski definition) is 6.